The number of hydrogen-bond donors (Lipinski definition) is 1. The van der Waals surface area contributed by atoms with Crippen LogP contribution in [0.15, 0.2) is 24.3 Å². The van der Waals surface area contributed by atoms with Crippen molar-refractivity contribution in [3.63, 3.8) is 0 Å². The molecule has 114 valence electrons. The van der Waals surface area contributed by atoms with Crippen molar-refractivity contribution in [2.24, 2.45) is 0 Å². The number of unbranched alkanes of at least 4 members (excludes halogenated alkanes) is 1. The summed E-state index contributed by atoms with van der Waals surface area (Å²) in [5, 5.41) is 9.53. The summed E-state index contributed by atoms with van der Waals surface area (Å²) in [5.41, 5.74) is -0.156. The van der Waals surface area contributed by atoms with Crippen LogP contribution in [0.4, 0.5) is 0 Å². The number of benzene rings is 1. The van der Waals surface area contributed by atoms with Crippen molar-refractivity contribution in [2.75, 3.05) is 13.2 Å². The Morgan fingerprint density at radius 3 is 2.38 bits per heavy atom. The van der Waals surface area contributed by atoms with Crippen molar-refractivity contribution in [3.05, 3.63) is 29.8 Å². The summed E-state index contributed by atoms with van der Waals surface area (Å²) in [6, 6.07) is 7.40. The van der Waals surface area contributed by atoms with Gasteiger partial charge < -0.3 is 14.6 Å². The molecule has 0 aromatic heterocycles. The first-order valence-corrected chi connectivity index (χ1v) is 6.98. The molecule has 0 fully saturated rings. The maximum Gasteiger partial charge on any atom is 0.302 e. The molecule has 0 atom stereocenters. The van der Waals surface area contributed by atoms with E-state index in [1.54, 1.807) is 13.8 Å². The zero-order chi connectivity index (χ0) is 15.7. The quantitative estimate of drug-likeness (QED) is 0.497. The van der Waals surface area contributed by atoms with Crippen LogP contribution in [0.1, 0.15) is 39.2 Å². The molecule has 0 saturated heterocycles. The predicted molar refractivity (Wildman–Crippen MR) is 81.0 cm³/mol. The maximum absolute atomic E-state index is 10.6. The summed E-state index contributed by atoms with van der Waals surface area (Å²) in [5.74, 6) is 6.18. The Kier molecular flexibility index (Phi) is 6.77. The Hall–Kier alpha value is -1.99. The molecule has 0 aliphatic heterocycles. The molecule has 0 bridgehead atoms. The van der Waals surface area contributed by atoms with Gasteiger partial charge in [0.25, 0.3) is 0 Å². The fourth-order valence-corrected chi connectivity index (χ4v) is 1.47. The molecule has 1 aromatic carbocycles. The number of aliphatic hydroxyl groups is 1. The molecule has 4 heteroatoms. The largest absolute Gasteiger partial charge is 0.494 e. The van der Waals surface area contributed by atoms with Crippen molar-refractivity contribution in [1.82, 2.24) is 0 Å². The van der Waals surface area contributed by atoms with E-state index in [9.17, 15) is 9.90 Å². The van der Waals surface area contributed by atoms with Crippen LogP contribution in [-0.4, -0.2) is 29.9 Å². The fraction of sp³-hybridized carbons (Fsp3) is 0.471. The van der Waals surface area contributed by atoms with Gasteiger partial charge in [-0.05, 0) is 51.0 Å². The molecule has 4 nitrogen and oxygen atoms in total. The highest BCUT2D eigenvalue weighted by Gasteiger charge is 2.05. The lowest BCUT2D eigenvalue weighted by Crippen LogP contribution is -2.14. The van der Waals surface area contributed by atoms with Crippen LogP contribution in [0.25, 0.3) is 0 Å². The number of esters is 1. The van der Waals surface area contributed by atoms with E-state index in [0.717, 1.165) is 24.2 Å². The Morgan fingerprint density at radius 1 is 1.19 bits per heavy atom. The number of carbonyl (C=O) groups excluding carboxylic acids is 1. The maximum atomic E-state index is 10.6. The second-order valence-electron chi connectivity index (χ2n) is 5.23. The lowest BCUT2D eigenvalue weighted by atomic mass is 10.1. The minimum atomic E-state index is -0.989. The van der Waals surface area contributed by atoms with Gasteiger partial charge in [-0.3, -0.25) is 4.79 Å². The minimum absolute atomic E-state index is 0.251. The minimum Gasteiger partial charge on any atom is -0.494 e. The van der Waals surface area contributed by atoms with Crippen molar-refractivity contribution < 1.29 is 19.4 Å². The van der Waals surface area contributed by atoms with Crippen molar-refractivity contribution in [3.8, 4) is 17.6 Å². The number of rotatable bonds is 6. The number of ether oxygens (including phenoxy) is 2. The molecule has 1 aromatic rings. The fourth-order valence-electron chi connectivity index (χ4n) is 1.47. The van der Waals surface area contributed by atoms with E-state index >= 15 is 0 Å². The van der Waals surface area contributed by atoms with Gasteiger partial charge in [0.1, 0.15) is 11.4 Å². The van der Waals surface area contributed by atoms with Crippen LogP contribution in [0.5, 0.6) is 5.75 Å². The molecule has 0 aliphatic carbocycles. The Bertz CT molecular complexity index is 500. The number of hydrogen-bond acceptors (Lipinski definition) is 4. The highest BCUT2D eigenvalue weighted by molar-refractivity contribution is 5.65. The van der Waals surface area contributed by atoms with E-state index in [1.807, 2.05) is 24.3 Å². The number of carbonyl (C=O) groups is 1. The van der Waals surface area contributed by atoms with Crippen LogP contribution in [0.2, 0.25) is 0 Å². The lowest BCUT2D eigenvalue weighted by Gasteiger charge is -2.07. The topological polar surface area (TPSA) is 55.8 Å². The molecule has 0 unspecified atom stereocenters. The Labute approximate surface area is 126 Å². The molecule has 0 heterocycles. The summed E-state index contributed by atoms with van der Waals surface area (Å²) in [4.78, 5) is 10.6. The Balaban J connectivity index is 2.31. The third-order valence-corrected chi connectivity index (χ3v) is 2.48. The standard InChI is InChI=1S/C17H22O4/c1-14(18)20-12-4-5-13-21-16-8-6-15(7-9-16)10-11-17(2,3)19/h6-9,19H,4-5,12-13H2,1-3H3. The molecule has 1 N–H and O–H groups in total. The lowest BCUT2D eigenvalue weighted by molar-refractivity contribution is -0.141. The van der Waals surface area contributed by atoms with Crippen LogP contribution < -0.4 is 4.74 Å². The van der Waals surface area contributed by atoms with Gasteiger partial charge in [0.05, 0.1) is 13.2 Å². The third kappa shape index (κ3) is 8.72. The van der Waals surface area contributed by atoms with Crippen molar-refractivity contribution in [2.45, 2.75) is 39.2 Å². The normalized spacial score (nSPS) is 10.5. The molecule has 0 saturated carbocycles. The highest BCUT2D eigenvalue weighted by Crippen LogP contribution is 2.12. The van der Waals surface area contributed by atoms with E-state index in [4.69, 9.17) is 9.47 Å². The molecule has 0 radical (unpaired) electrons. The van der Waals surface area contributed by atoms with Gasteiger partial charge in [-0.25, -0.2) is 0 Å². The second-order valence-corrected chi connectivity index (χ2v) is 5.23. The SMILES string of the molecule is CC(=O)OCCCCOc1ccc(C#CC(C)(C)O)cc1. The van der Waals surface area contributed by atoms with Gasteiger partial charge in [-0.15, -0.1) is 0 Å². The smallest absolute Gasteiger partial charge is 0.302 e. The zero-order valence-corrected chi connectivity index (χ0v) is 12.8. The second kappa shape index (κ2) is 8.33. The van der Waals surface area contributed by atoms with Gasteiger partial charge in [-0.1, -0.05) is 11.8 Å². The van der Waals surface area contributed by atoms with E-state index in [1.165, 1.54) is 6.92 Å². The summed E-state index contributed by atoms with van der Waals surface area (Å²) in [6.07, 6.45) is 1.61. The third-order valence-electron chi connectivity index (χ3n) is 2.48. The van der Waals surface area contributed by atoms with Gasteiger partial charge in [0.2, 0.25) is 0 Å². The van der Waals surface area contributed by atoms with E-state index in [-0.39, 0.29) is 5.97 Å². The zero-order valence-electron chi connectivity index (χ0n) is 12.8. The van der Waals surface area contributed by atoms with Gasteiger partial charge in [0, 0.05) is 12.5 Å². The van der Waals surface area contributed by atoms with Crippen LogP contribution in [-0.2, 0) is 9.53 Å². The first-order valence-electron chi connectivity index (χ1n) is 6.98. The summed E-state index contributed by atoms with van der Waals surface area (Å²) in [7, 11) is 0. The van der Waals surface area contributed by atoms with Gasteiger partial charge in [-0.2, -0.15) is 0 Å². The molecule has 0 spiro atoms. The summed E-state index contributed by atoms with van der Waals surface area (Å²) < 4.78 is 10.4. The molecular formula is C17H22O4. The van der Waals surface area contributed by atoms with Crippen LogP contribution in [0.3, 0.4) is 0 Å². The summed E-state index contributed by atoms with van der Waals surface area (Å²) in [6.45, 7) is 5.71. The average Bonchev–Trinajstić information content (AvgIpc) is 2.40. The monoisotopic (exact) mass is 290 g/mol. The van der Waals surface area contributed by atoms with Gasteiger partial charge in [0.15, 0.2) is 0 Å². The van der Waals surface area contributed by atoms with E-state index in [0.29, 0.717) is 13.2 Å². The van der Waals surface area contributed by atoms with Crippen molar-refractivity contribution >= 4 is 5.97 Å². The molecular weight excluding hydrogens is 268 g/mol. The first-order chi connectivity index (χ1) is 9.87. The summed E-state index contributed by atoms with van der Waals surface area (Å²) >= 11 is 0. The molecule has 0 amide bonds. The van der Waals surface area contributed by atoms with Gasteiger partial charge >= 0.3 is 5.97 Å². The first kappa shape index (κ1) is 17.1. The van der Waals surface area contributed by atoms with E-state index in [2.05, 4.69) is 11.8 Å². The molecule has 1 rings (SSSR count). The molecule has 21 heavy (non-hydrogen) atoms. The average molecular weight is 290 g/mol. The van der Waals surface area contributed by atoms with Crippen molar-refractivity contribution in [1.29, 1.82) is 0 Å². The van der Waals surface area contributed by atoms with E-state index < -0.39 is 5.60 Å². The predicted octanol–water partition coefficient (Wildman–Crippen LogP) is 2.53. The Morgan fingerprint density at radius 2 is 1.81 bits per heavy atom. The highest BCUT2D eigenvalue weighted by atomic mass is 16.5. The van der Waals surface area contributed by atoms with Crippen LogP contribution >= 0.6 is 0 Å². The molecule has 0 aliphatic rings. The van der Waals surface area contributed by atoms with Crippen LogP contribution in [0, 0.1) is 11.8 Å².